The Labute approximate surface area is 125 Å². The number of nitrogens with one attached hydrogen (secondary N) is 1. The fourth-order valence-corrected chi connectivity index (χ4v) is 2.23. The van der Waals surface area contributed by atoms with Gasteiger partial charge in [-0.2, -0.15) is 0 Å². The van der Waals surface area contributed by atoms with Crippen LogP contribution in [-0.4, -0.2) is 34.6 Å². The number of urea groups is 1. The number of carboxylic acids is 1. The van der Waals surface area contributed by atoms with Crippen LogP contribution in [0.3, 0.4) is 0 Å². The van der Waals surface area contributed by atoms with Crippen molar-refractivity contribution in [1.82, 2.24) is 10.2 Å². The van der Waals surface area contributed by atoms with Crippen molar-refractivity contribution in [2.75, 3.05) is 6.54 Å². The van der Waals surface area contributed by atoms with E-state index in [2.05, 4.69) is 31.3 Å². The molecule has 0 bridgehead atoms. The number of hydrogen-bond acceptors (Lipinski definition) is 2. The number of rotatable bonds is 6. The molecule has 0 heterocycles. The molecule has 0 radical (unpaired) electrons. The van der Waals surface area contributed by atoms with Crippen molar-refractivity contribution in [2.24, 2.45) is 0 Å². The van der Waals surface area contributed by atoms with Gasteiger partial charge in [-0.1, -0.05) is 18.2 Å². The maximum atomic E-state index is 12.2. The molecule has 1 saturated carbocycles. The molecule has 1 aliphatic rings. The van der Waals surface area contributed by atoms with E-state index in [1.807, 2.05) is 11.0 Å². The Bertz CT molecular complexity index is 538. The Morgan fingerprint density at radius 3 is 2.57 bits per heavy atom. The summed E-state index contributed by atoms with van der Waals surface area (Å²) < 4.78 is 0. The molecule has 1 aliphatic carbocycles. The highest BCUT2D eigenvalue weighted by Crippen LogP contribution is 2.28. The van der Waals surface area contributed by atoms with Gasteiger partial charge in [-0.3, -0.25) is 4.79 Å². The molecule has 21 heavy (non-hydrogen) atoms. The molecule has 0 aromatic heterocycles. The minimum absolute atomic E-state index is 0.0477. The van der Waals surface area contributed by atoms with Crippen LogP contribution in [0.15, 0.2) is 18.2 Å². The Morgan fingerprint density at radius 1 is 1.29 bits per heavy atom. The summed E-state index contributed by atoms with van der Waals surface area (Å²) in [7, 11) is 0. The molecule has 0 aliphatic heterocycles. The van der Waals surface area contributed by atoms with E-state index in [1.54, 1.807) is 0 Å². The average Bonchev–Trinajstić information content (AvgIpc) is 3.23. The number of amides is 2. The minimum Gasteiger partial charge on any atom is -0.481 e. The Hall–Kier alpha value is -2.04. The number of hydrogen-bond donors (Lipinski definition) is 2. The number of benzene rings is 1. The zero-order chi connectivity index (χ0) is 15.4. The van der Waals surface area contributed by atoms with Gasteiger partial charge in [0, 0.05) is 19.1 Å². The number of carbonyl (C=O) groups is 2. The van der Waals surface area contributed by atoms with Crippen LogP contribution < -0.4 is 5.32 Å². The molecule has 0 spiro atoms. The zero-order valence-corrected chi connectivity index (χ0v) is 12.6. The first-order chi connectivity index (χ1) is 9.97. The average molecular weight is 290 g/mol. The minimum atomic E-state index is -0.901. The maximum absolute atomic E-state index is 12.2. The number of aliphatic carboxylic acids is 1. The summed E-state index contributed by atoms with van der Waals surface area (Å²) in [6.45, 7) is 4.87. The van der Waals surface area contributed by atoms with Crippen LogP contribution in [0.1, 0.15) is 36.0 Å². The summed E-state index contributed by atoms with van der Waals surface area (Å²) in [5.41, 5.74) is 3.57. The number of carbonyl (C=O) groups excluding carboxylic acids is 1. The molecule has 114 valence electrons. The van der Waals surface area contributed by atoms with Crippen molar-refractivity contribution < 1.29 is 14.7 Å². The third-order valence-corrected chi connectivity index (χ3v) is 3.79. The van der Waals surface area contributed by atoms with Gasteiger partial charge < -0.3 is 15.3 Å². The van der Waals surface area contributed by atoms with E-state index in [4.69, 9.17) is 5.11 Å². The van der Waals surface area contributed by atoms with Crippen LogP contribution in [0, 0.1) is 13.8 Å². The van der Waals surface area contributed by atoms with Gasteiger partial charge in [-0.05, 0) is 43.4 Å². The van der Waals surface area contributed by atoms with Gasteiger partial charge >= 0.3 is 12.0 Å². The first-order valence-corrected chi connectivity index (χ1v) is 7.30. The second-order valence-corrected chi connectivity index (χ2v) is 5.65. The SMILES string of the molecule is Cc1ccc(CN(C(=O)NCCC(=O)O)C2CC2)cc1C. The summed E-state index contributed by atoms with van der Waals surface area (Å²) in [6, 6.07) is 6.34. The predicted molar refractivity (Wildman–Crippen MR) is 80.1 cm³/mol. The zero-order valence-electron chi connectivity index (χ0n) is 12.6. The molecule has 1 fully saturated rings. The standard InChI is InChI=1S/C16H22N2O3/c1-11-3-4-13(9-12(11)2)10-18(14-5-6-14)16(21)17-8-7-15(19)20/h3-4,9,14H,5-8,10H2,1-2H3,(H,17,21)(H,19,20). The molecule has 1 aromatic rings. The monoisotopic (exact) mass is 290 g/mol. The molecule has 2 rings (SSSR count). The van der Waals surface area contributed by atoms with Crippen molar-refractivity contribution in [3.63, 3.8) is 0 Å². The van der Waals surface area contributed by atoms with Gasteiger partial charge in [-0.15, -0.1) is 0 Å². The lowest BCUT2D eigenvalue weighted by atomic mass is 10.1. The smallest absolute Gasteiger partial charge is 0.317 e. The van der Waals surface area contributed by atoms with E-state index in [1.165, 1.54) is 11.1 Å². The Kier molecular flexibility index (Phi) is 4.83. The van der Waals surface area contributed by atoms with Crippen LogP contribution >= 0.6 is 0 Å². The highest BCUT2D eigenvalue weighted by atomic mass is 16.4. The summed E-state index contributed by atoms with van der Waals surface area (Å²) in [5, 5.41) is 11.3. The normalized spacial score (nSPS) is 13.8. The molecule has 5 nitrogen and oxygen atoms in total. The fourth-order valence-electron chi connectivity index (χ4n) is 2.23. The Balaban J connectivity index is 1.96. The fraction of sp³-hybridized carbons (Fsp3) is 0.500. The van der Waals surface area contributed by atoms with E-state index < -0.39 is 5.97 Å². The van der Waals surface area contributed by atoms with Crippen molar-refractivity contribution in [1.29, 1.82) is 0 Å². The molecule has 0 unspecified atom stereocenters. The molecule has 5 heteroatoms. The summed E-state index contributed by atoms with van der Waals surface area (Å²) >= 11 is 0. The highest BCUT2D eigenvalue weighted by molar-refractivity contribution is 5.76. The molecular weight excluding hydrogens is 268 g/mol. The quantitative estimate of drug-likeness (QED) is 0.845. The van der Waals surface area contributed by atoms with E-state index >= 15 is 0 Å². The molecule has 0 atom stereocenters. The first kappa shape index (κ1) is 15.4. The lowest BCUT2D eigenvalue weighted by Crippen LogP contribution is -2.41. The van der Waals surface area contributed by atoms with Gasteiger partial charge in [0.15, 0.2) is 0 Å². The van der Waals surface area contributed by atoms with Gasteiger partial charge in [0.05, 0.1) is 6.42 Å². The van der Waals surface area contributed by atoms with Crippen LogP contribution in [0.4, 0.5) is 4.79 Å². The van der Waals surface area contributed by atoms with Crippen molar-refractivity contribution in [3.8, 4) is 0 Å². The second-order valence-electron chi connectivity index (χ2n) is 5.65. The van der Waals surface area contributed by atoms with Gasteiger partial charge in [0.25, 0.3) is 0 Å². The largest absolute Gasteiger partial charge is 0.481 e. The van der Waals surface area contributed by atoms with E-state index in [-0.39, 0.29) is 25.0 Å². The number of aryl methyl sites for hydroxylation is 2. The van der Waals surface area contributed by atoms with Gasteiger partial charge in [0.2, 0.25) is 0 Å². The lowest BCUT2D eigenvalue weighted by Gasteiger charge is -2.23. The van der Waals surface area contributed by atoms with Gasteiger partial charge in [0.1, 0.15) is 0 Å². The van der Waals surface area contributed by atoms with Crippen LogP contribution in [0.5, 0.6) is 0 Å². The van der Waals surface area contributed by atoms with Crippen molar-refractivity contribution in [3.05, 3.63) is 34.9 Å². The van der Waals surface area contributed by atoms with Crippen molar-refractivity contribution in [2.45, 2.75) is 45.7 Å². The molecule has 0 saturated heterocycles. The molecule has 1 aromatic carbocycles. The summed E-state index contributed by atoms with van der Waals surface area (Å²) in [5.74, 6) is -0.901. The van der Waals surface area contributed by atoms with E-state index in [0.717, 1.165) is 18.4 Å². The number of nitrogens with zero attached hydrogens (tertiary/aromatic N) is 1. The predicted octanol–water partition coefficient (Wildman–Crippen LogP) is 2.45. The maximum Gasteiger partial charge on any atom is 0.317 e. The molecular formula is C16H22N2O3. The third-order valence-electron chi connectivity index (χ3n) is 3.79. The van der Waals surface area contributed by atoms with E-state index in [0.29, 0.717) is 6.54 Å². The van der Waals surface area contributed by atoms with Crippen LogP contribution in [0.2, 0.25) is 0 Å². The summed E-state index contributed by atoms with van der Waals surface area (Å²) in [4.78, 5) is 24.5. The van der Waals surface area contributed by atoms with E-state index in [9.17, 15) is 9.59 Å². The third kappa shape index (κ3) is 4.48. The topological polar surface area (TPSA) is 69.6 Å². The summed E-state index contributed by atoms with van der Waals surface area (Å²) in [6.07, 6.45) is 2.00. The Morgan fingerprint density at radius 2 is 2.00 bits per heavy atom. The van der Waals surface area contributed by atoms with Crippen LogP contribution in [-0.2, 0) is 11.3 Å². The molecule has 2 amide bonds. The second kappa shape index (κ2) is 6.61. The lowest BCUT2D eigenvalue weighted by molar-refractivity contribution is -0.136. The van der Waals surface area contributed by atoms with Crippen LogP contribution in [0.25, 0.3) is 0 Å². The first-order valence-electron chi connectivity index (χ1n) is 7.30. The highest BCUT2D eigenvalue weighted by Gasteiger charge is 2.32. The van der Waals surface area contributed by atoms with Crippen molar-refractivity contribution >= 4 is 12.0 Å². The molecule has 2 N–H and O–H groups in total. The van der Waals surface area contributed by atoms with Gasteiger partial charge in [-0.25, -0.2) is 4.79 Å². The number of carboxylic acid groups (broad SMARTS) is 1.